The maximum absolute atomic E-state index is 14.9. The van der Waals surface area contributed by atoms with Crippen LogP contribution in [-0.4, -0.2) is 56.0 Å². The van der Waals surface area contributed by atoms with E-state index in [2.05, 4.69) is 16.5 Å². The molecule has 1 saturated carbocycles. The average Bonchev–Trinajstić information content (AvgIpc) is 3.79. The topological polar surface area (TPSA) is 84.2 Å². The van der Waals surface area contributed by atoms with Crippen molar-refractivity contribution in [2.45, 2.75) is 38.6 Å². The van der Waals surface area contributed by atoms with Crippen molar-refractivity contribution in [1.82, 2.24) is 24.4 Å². The van der Waals surface area contributed by atoms with Crippen LogP contribution < -0.4 is 10.6 Å². The minimum absolute atomic E-state index is 0.140. The van der Waals surface area contributed by atoms with Crippen molar-refractivity contribution in [2.75, 3.05) is 24.5 Å². The van der Waals surface area contributed by atoms with Gasteiger partial charge >= 0.3 is 5.69 Å². The molecule has 0 radical (unpaired) electrons. The number of amides is 1. The third kappa shape index (κ3) is 4.44. The summed E-state index contributed by atoms with van der Waals surface area (Å²) >= 11 is 6.76. The summed E-state index contributed by atoms with van der Waals surface area (Å²) in [5, 5.41) is 0.800. The monoisotopic (exact) mass is 558 g/mol. The predicted octanol–water partition coefficient (Wildman–Crippen LogP) is 5.04. The van der Waals surface area contributed by atoms with Gasteiger partial charge in [0.15, 0.2) is 5.65 Å². The van der Waals surface area contributed by atoms with Crippen LogP contribution in [0.15, 0.2) is 60.0 Å². The highest BCUT2D eigenvalue weighted by atomic mass is 35.5. The van der Waals surface area contributed by atoms with Gasteiger partial charge in [-0.15, -0.1) is 0 Å². The molecule has 1 aliphatic carbocycles. The Bertz CT molecular complexity index is 1730. The molecule has 1 amide bonds. The Morgan fingerprint density at radius 1 is 1.18 bits per heavy atom. The molecule has 2 aliphatic rings. The van der Waals surface area contributed by atoms with Gasteiger partial charge in [-0.25, -0.2) is 18.7 Å². The van der Waals surface area contributed by atoms with Crippen molar-refractivity contribution in [2.24, 2.45) is 0 Å². The molecular formula is C30H28ClFN6O2. The van der Waals surface area contributed by atoms with Crippen LogP contribution in [0.4, 0.5) is 10.2 Å². The first-order valence-corrected chi connectivity index (χ1v) is 13.7. The minimum Gasteiger partial charge on any atom is -0.350 e. The zero-order valence-corrected chi connectivity index (χ0v) is 23.0. The third-order valence-corrected chi connectivity index (χ3v) is 7.95. The Hall–Kier alpha value is -4.11. The molecule has 0 spiro atoms. The summed E-state index contributed by atoms with van der Waals surface area (Å²) in [4.78, 5) is 44.0. The molecule has 4 aromatic rings. The molecule has 0 N–H and O–H groups in total. The van der Waals surface area contributed by atoms with Gasteiger partial charge in [-0.3, -0.25) is 9.78 Å². The van der Waals surface area contributed by atoms with Gasteiger partial charge in [-0.1, -0.05) is 30.3 Å². The number of aromatic nitrogens is 4. The molecule has 1 aliphatic heterocycles. The van der Waals surface area contributed by atoms with E-state index in [4.69, 9.17) is 16.6 Å². The molecule has 1 atom stereocenters. The number of hydrogen-bond acceptors (Lipinski definition) is 6. The average molecular weight is 559 g/mol. The van der Waals surface area contributed by atoms with E-state index in [-0.39, 0.29) is 34.1 Å². The Kier molecular flexibility index (Phi) is 6.62. The zero-order valence-electron chi connectivity index (χ0n) is 22.3. The van der Waals surface area contributed by atoms with Crippen molar-refractivity contribution in [1.29, 1.82) is 0 Å². The van der Waals surface area contributed by atoms with E-state index in [0.29, 0.717) is 42.2 Å². The van der Waals surface area contributed by atoms with Crippen LogP contribution in [-0.2, 0) is 4.79 Å². The Morgan fingerprint density at radius 3 is 2.65 bits per heavy atom. The Morgan fingerprint density at radius 2 is 1.95 bits per heavy atom. The Labute approximate surface area is 235 Å². The molecule has 40 heavy (non-hydrogen) atoms. The first kappa shape index (κ1) is 26.1. The molecule has 1 aromatic carbocycles. The molecule has 0 bridgehead atoms. The number of nitrogens with zero attached hydrogens (tertiary/aromatic N) is 6. The van der Waals surface area contributed by atoms with E-state index >= 15 is 0 Å². The lowest BCUT2D eigenvalue weighted by molar-refractivity contribution is -0.126. The summed E-state index contributed by atoms with van der Waals surface area (Å²) < 4.78 is 16.4. The molecule has 0 unspecified atom stereocenters. The first-order valence-electron chi connectivity index (χ1n) is 13.3. The number of fused-ring (bicyclic) bond motifs is 1. The molecule has 4 heterocycles. The molecular weight excluding hydrogens is 531 g/mol. The van der Waals surface area contributed by atoms with Crippen LogP contribution in [0.2, 0.25) is 5.02 Å². The van der Waals surface area contributed by atoms with Crippen LogP contribution >= 0.6 is 11.6 Å². The van der Waals surface area contributed by atoms with E-state index in [1.54, 1.807) is 35.4 Å². The lowest BCUT2D eigenvalue weighted by Crippen LogP contribution is -2.54. The molecule has 3 aromatic heterocycles. The number of carbonyl (C=O) groups is 1. The van der Waals surface area contributed by atoms with Crippen LogP contribution in [0.5, 0.6) is 0 Å². The van der Waals surface area contributed by atoms with E-state index in [1.807, 2.05) is 24.8 Å². The van der Waals surface area contributed by atoms with Crippen LogP contribution in [0.3, 0.4) is 0 Å². The van der Waals surface area contributed by atoms with Gasteiger partial charge in [0.2, 0.25) is 5.91 Å². The van der Waals surface area contributed by atoms with Crippen LogP contribution in [0.25, 0.3) is 28.0 Å². The zero-order chi connectivity index (χ0) is 28.1. The SMILES string of the molecule is C=CC(=O)N1CCN(c2nc(=O)n(-c3c(C)ccnc3C3CC3)c3nc(-c4ccccc4F)c(Cl)cc23)[C@@H](C)C1. The van der Waals surface area contributed by atoms with Crippen molar-refractivity contribution < 1.29 is 9.18 Å². The fourth-order valence-electron chi connectivity index (χ4n) is 5.49. The molecule has 2 fully saturated rings. The van der Waals surface area contributed by atoms with Crippen LogP contribution in [0.1, 0.15) is 36.9 Å². The second-order valence-corrected chi connectivity index (χ2v) is 10.8. The summed E-state index contributed by atoms with van der Waals surface area (Å²) in [6, 6.07) is 9.71. The van der Waals surface area contributed by atoms with Gasteiger partial charge in [0, 0.05) is 43.4 Å². The number of rotatable bonds is 5. The lowest BCUT2D eigenvalue weighted by Gasteiger charge is -2.40. The number of benzene rings is 1. The van der Waals surface area contributed by atoms with Gasteiger partial charge in [0.1, 0.15) is 11.6 Å². The fourth-order valence-corrected chi connectivity index (χ4v) is 5.74. The largest absolute Gasteiger partial charge is 0.355 e. The maximum atomic E-state index is 14.9. The lowest BCUT2D eigenvalue weighted by atomic mass is 10.1. The number of aryl methyl sites for hydroxylation is 1. The first-order chi connectivity index (χ1) is 19.3. The molecule has 1 saturated heterocycles. The van der Waals surface area contributed by atoms with E-state index in [9.17, 15) is 14.0 Å². The highest BCUT2D eigenvalue weighted by Crippen LogP contribution is 2.43. The van der Waals surface area contributed by atoms with Gasteiger partial charge < -0.3 is 9.80 Å². The molecule has 6 rings (SSSR count). The molecule has 8 nitrogen and oxygen atoms in total. The number of carbonyl (C=O) groups excluding carboxylic acids is 1. The Balaban J connectivity index is 1.62. The summed E-state index contributed by atoms with van der Waals surface area (Å²) in [6.07, 6.45) is 5.04. The molecule has 10 heteroatoms. The smallest absolute Gasteiger partial charge is 0.350 e. The van der Waals surface area contributed by atoms with E-state index in [0.717, 1.165) is 24.1 Å². The summed E-state index contributed by atoms with van der Waals surface area (Å²) in [7, 11) is 0. The quantitative estimate of drug-likeness (QED) is 0.319. The highest BCUT2D eigenvalue weighted by Gasteiger charge is 2.33. The number of piperazine rings is 1. The van der Waals surface area contributed by atoms with Crippen molar-refractivity contribution >= 4 is 34.4 Å². The standard InChI is InChI=1S/C30H28ClFN6O2/c1-4-24(39)36-13-14-37(18(3)16-36)28-21-15-22(31)26(20-7-5-6-8-23(20)32)34-29(21)38(30(40)35-28)27-17(2)11-12-33-25(27)19-9-10-19/h4-8,11-12,15,18-19H,1,9-10,13-14,16H2,2-3H3/t18-/m0/s1. The second kappa shape index (κ2) is 10.1. The van der Waals surface area contributed by atoms with E-state index in [1.165, 1.54) is 16.7 Å². The van der Waals surface area contributed by atoms with Gasteiger partial charge in [0.25, 0.3) is 0 Å². The predicted molar refractivity (Wildman–Crippen MR) is 154 cm³/mol. The van der Waals surface area contributed by atoms with E-state index < -0.39 is 11.5 Å². The number of hydrogen-bond donors (Lipinski definition) is 0. The number of pyridine rings is 2. The van der Waals surface area contributed by atoms with Gasteiger partial charge in [-0.2, -0.15) is 4.98 Å². The summed E-state index contributed by atoms with van der Waals surface area (Å²) in [5.74, 6) is 0.0785. The van der Waals surface area contributed by atoms with Crippen LogP contribution in [0, 0.1) is 12.7 Å². The van der Waals surface area contributed by atoms with Gasteiger partial charge in [-0.05, 0) is 62.6 Å². The normalized spacial score (nSPS) is 17.4. The molecule has 204 valence electrons. The number of halogens is 2. The second-order valence-electron chi connectivity index (χ2n) is 10.4. The number of anilines is 1. The highest BCUT2D eigenvalue weighted by molar-refractivity contribution is 6.33. The van der Waals surface area contributed by atoms with Crippen molar-refractivity contribution in [3.8, 4) is 16.9 Å². The van der Waals surface area contributed by atoms with Crippen molar-refractivity contribution in [3.05, 3.63) is 87.8 Å². The fraction of sp³-hybridized carbons (Fsp3) is 0.300. The minimum atomic E-state index is -0.508. The summed E-state index contributed by atoms with van der Waals surface area (Å²) in [6.45, 7) is 8.85. The third-order valence-electron chi connectivity index (χ3n) is 7.66. The van der Waals surface area contributed by atoms with Crippen molar-refractivity contribution in [3.63, 3.8) is 0 Å². The van der Waals surface area contributed by atoms with Gasteiger partial charge in [0.05, 0.1) is 27.5 Å². The summed E-state index contributed by atoms with van der Waals surface area (Å²) in [5.41, 5.74) is 2.64. The maximum Gasteiger partial charge on any atom is 0.355 e.